The molecule has 32 valence electrons. The zero-order valence-corrected chi connectivity index (χ0v) is 6.33. The first kappa shape index (κ1) is 9.57. The molecule has 0 aliphatic carbocycles. The molecule has 0 bridgehead atoms. The van der Waals surface area contributed by atoms with Crippen LogP contribution in [0.5, 0.6) is 0 Å². The van der Waals surface area contributed by atoms with Crippen molar-refractivity contribution in [1.29, 1.82) is 0 Å². The van der Waals surface area contributed by atoms with Crippen molar-refractivity contribution in [2.24, 2.45) is 0 Å². The van der Waals surface area contributed by atoms with Crippen molar-refractivity contribution in [3.05, 3.63) is 0 Å². The van der Waals surface area contributed by atoms with E-state index in [-0.39, 0.29) is 0 Å². The van der Waals surface area contributed by atoms with Gasteiger partial charge in [-0.1, -0.05) is 13.8 Å². The van der Waals surface area contributed by atoms with Crippen LogP contribution in [0, 0.1) is 0 Å². The van der Waals surface area contributed by atoms with Gasteiger partial charge in [-0.15, -0.1) is 0 Å². The zero-order valence-electron chi connectivity index (χ0n) is 3.26. The summed E-state index contributed by atoms with van der Waals surface area (Å²) in [5.41, 5.74) is 0. The third-order valence-electron chi connectivity index (χ3n) is 0. The summed E-state index contributed by atoms with van der Waals surface area (Å²) in [6.07, 6.45) is 0. The van der Waals surface area contributed by atoms with Crippen molar-refractivity contribution < 1.29 is 17.0 Å². The predicted octanol–water partition coefficient (Wildman–Crippen LogP) is 2.40. The van der Waals surface area contributed by atoms with Gasteiger partial charge in [-0.05, 0) is 0 Å². The van der Waals surface area contributed by atoms with Gasteiger partial charge in [-0.3, -0.25) is 0 Å². The number of hydrogen-bond donors (Lipinski definition) is 0. The van der Waals surface area contributed by atoms with E-state index in [0.717, 1.165) is 0 Å². The Hall–Kier alpha value is 1.29. The van der Waals surface area contributed by atoms with Crippen LogP contribution in [0.2, 0.25) is 0 Å². The molecule has 0 spiro atoms. The van der Waals surface area contributed by atoms with Crippen LogP contribution in [0.4, 0.5) is 0 Å². The Morgan fingerprint density at radius 3 is 1.20 bits per heavy atom. The molecule has 0 aromatic heterocycles. The standard InChI is InChI=1S/C2H6.2ClH.Ti/c1-2;;;/h1-2H3;2*1H;/q;;;+2/p-2. The summed E-state index contributed by atoms with van der Waals surface area (Å²) in [5.74, 6) is 0. The molecule has 0 nitrogen and oxygen atoms in total. The van der Waals surface area contributed by atoms with E-state index in [4.69, 9.17) is 18.6 Å². The fourth-order valence-electron chi connectivity index (χ4n) is 0. The number of rotatable bonds is 0. The third-order valence-corrected chi connectivity index (χ3v) is 0. The van der Waals surface area contributed by atoms with Crippen molar-refractivity contribution in [1.82, 2.24) is 0 Å². The summed E-state index contributed by atoms with van der Waals surface area (Å²) < 4.78 is 0. The molecule has 5 heavy (non-hydrogen) atoms. The fraction of sp³-hybridized carbons (Fsp3) is 1.00. The first-order valence-corrected chi connectivity index (χ1v) is 5.68. The zero-order chi connectivity index (χ0) is 4.71. The van der Waals surface area contributed by atoms with Crippen molar-refractivity contribution in [2.45, 2.75) is 13.8 Å². The minimum atomic E-state index is -0.556. The van der Waals surface area contributed by atoms with Crippen molar-refractivity contribution in [3.63, 3.8) is 0 Å². The summed E-state index contributed by atoms with van der Waals surface area (Å²) in [6, 6.07) is 0. The van der Waals surface area contributed by atoms with E-state index in [1.165, 1.54) is 0 Å². The molecule has 0 N–H and O–H groups in total. The SMILES string of the molecule is CC.[Cl][Ti][Cl]. The molecule has 0 radical (unpaired) electrons. The summed E-state index contributed by atoms with van der Waals surface area (Å²) >= 11 is -0.556. The van der Waals surface area contributed by atoms with E-state index in [1.807, 2.05) is 13.8 Å². The second-order valence-electron chi connectivity index (χ2n) is 0.0714. The molecular formula is C2H6Cl2Ti. The number of hydrogen-bond acceptors (Lipinski definition) is 0. The molecule has 0 fully saturated rings. The van der Waals surface area contributed by atoms with Gasteiger partial charge in [0.2, 0.25) is 0 Å². The molecule has 0 saturated heterocycles. The summed E-state index contributed by atoms with van der Waals surface area (Å²) in [7, 11) is 9.78. The molecule has 0 unspecified atom stereocenters. The van der Waals surface area contributed by atoms with E-state index in [9.17, 15) is 0 Å². The Kier molecular flexibility index (Phi) is 35.5. The Bertz CT molecular complexity index is 7.61. The topological polar surface area (TPSA) is 0 Å². The summed E-state index contributed by atoms with van der Waals surface area (Å²) in [5, 5.41) is 0. The van der Waals surface area contributed by atoms with E-state index in [0.29, 0.717) is 0 Å². The van der Waals surface area contributed by atoms with Crippen LogP contribution in [0.1, 0.15) is 13.8 Å². The summed E-state index contributed by atoms with van der Waals surface area (Å²) in [4.78, 5) is 0. The van der Waals surface area contributed by atoms with E-state index >= 15 is 0 Å². The number of halogens is 2. The molecule has 0 saturated carbocycles. The van der Waals surface area contributed by atoms with Crippen LogP contribution in [0.3, 0.4) is 0 Å². The van der Waals surface area contributed by atoms with E-state index in [2.05, 4.69) is 0 Å². The van der Waals surface area contributed by atoms with Crippen LogP contribution in [-0.2, 0) is 17.0 Å². The Morgan fingerprint density at radius 1 is 1.20 bits per heavy atom. The van der Waals surface area contributed by atoms with Crippen LogP contribution in [0.15, 0.2) is 0 Å². The minimum absolute atomic E-state index is 0.556. The van der Waals surface area contributed by atoms with Crippen LogP contribution < -0.4 is 0 Å². The second-order valence-corrected chi connectivity index (χ2v) is 2.65. The van der Waals surface area contributed by atoms with Gasteiger partial charge in [-0.2, -0.15) is 0 Å². The van der Waals surface area contributed by atoms with Crippen LogP contribution in [0.25, 0.3) is 0 Å². The molecule has 0 aliphatic rings. The molecule has 0 rings (SSSR count). The van der Waals surface area contributed by atoms with Gasteiger partial charge >= 0.3 is 35.6 Å². The summed E-state index contributed by atoms with van der Waals surface area (Å²) in [6.45, 7) is 4.00. The Labute approximate surface area is 49.5 Å². The van der Waals surface area contributed by atoms with E-state index in [1.54, 1.807) is 0 Å². The van der Waals surface area contributed by atoms with Gasteiger partial charge in [0.1, 0.15) is 0 Å². The van der Waals surface area contributed by atoms with Gasteiger partial charge in [0, 0.05) is 0 Å². The molecule has 0 aromatic carbocycles. The van der Waals surface area contributed by atoms with Gasteiger partial charge < -0.3 is 0 Å². The second kappa shape index (κ2) is 18.5. The molecular weight excluding hydrogens is 143 g/mol. The van der Waals surface area contributed by atoms with Crippen LogP contribution >= 0.6 is 18.6 Å². The molecule has 0 atom stereocenters. The molecule has 0 aromatic rings. The average Bonchev–Trinajstić information content (AvgIpc) is 1.46. The van der Waals surface area contributed by atoms with Crippen LogP contribution in [-0.4, -0.2) is 0 Å². The first-order valence-electron chi connectivity index (χ1n) is 1.38. The molecule has 0 heterocycles. The maximum absolute atomic E-state index is 4.89. The third kappa shape index (κ3) is 34.3. The first-order chi connectivity index (χ1) is 2.41. The Morgan fingerprint density at radius 2 is 1.20 bits per heavy atom. The Balaban J connectivity index is 0. The van der Waals surface area contributed by atoms with Gasteiger partial charge in [0.25, 0.3) is 0 Å². The van der Waals surface area contributed by atoms with Gasteiger partial charge in [0.15, 0.2) is 0 Å². The van der Waals surface area contributed by atoms with Crippen molar-refractivity contribution in [2.75, 3.05) is 0 Å². The van der Waals surface area contributed by atoms with Gasteiger partial charge in [-0.25, -0.2) is 0 Å². The normalized spacial score (nSPS) is 4.00. The van der Waals surface area contributed by atoms with Crippen molar-refractivity contribution in [3.8, 4) is 0 Å². The fourth-order valence-corrected chi connectivity index (χ4v) is 0. The monoisotopic (exact) mass is 148 g/mol. The molecule has 0 aliphatic heterocycles. The molecule has 3 heteroatoms. The molecule has 0 amide bonds. The van der Waals surface area contributed by atoms with Gasteiger partial charge in [0.05, 0.1) is 0 Å². The average molecular weight is 149 g/mol. The quantitative estimate of drug-likeness (QED) is 0.463. The van der Waals surface area contributed by atoms with E-state index < -0.39 is 17.0 Å². The predicted molar refractivity (Wildman–Crippen MR) is 23.1 cm³/mol. The van der Waals surface area contributed by atoms with Crippen molar-refractivity contribution >= 4 is 18.6 Å². The maximum atomic E-state index is 4.89.